The molecule has 2 atom stereocenters. The van der Waals surface area contributed by atoms with Crippen molar-refractivity contribution in [3.05, 3.63) is 24.3 Å². The molecule has 2 rings (SSSR count). The molecule has 8 nitrogen and oxygen atoms in total. The van der Waals surface area contributed by atoms with E-state index in [2.05, 4.69) is 28.8 Å². The van der Waals surface area contributed by atoms with Gasteiger partial charge in [-0.15, -0.1) is 0 Å². The molecule has 1 aromatic carbocycles. The molecule has 0 bridgehead atoms. The number of nitrogens with one attached hydrogen (secondary N) is 2. The number of carbonyl (C=O) groups is 1. The summed E-state index contributed by atoms with van der Waals surface area (Å²) in [5, 5.41) is 2.95. The minimum Gasteiger partial charge on any atom is -0.497 e. The van der Waals surface area contributed by atoms with E-state index in [4.69, 9.17) is 9.47 Å². The number of morpholine rings is 1. The van der Waals surface area contributed by atoms with Crippen molar-refractivity contribution >= 4 is 15.9 Å². The van der Waals surface area contributed by atoms with Gasteiger partial charge < -0.3 is 14.8 Å². The lowest BCUT2D eigenvalue weighted by Gasteiger charge is -2.39. The lowest BCUT2D eigenvalue weighted by molar-refractivity contribution is -0.122. The summed E-state index contributed by atoms with van der Waals surface area (Å²) in [5.74, 6) is 0.682. The van der Waals surface area contributed by atoms with E-state index >= 15 is 0 Å². The molecule has 0 saturated carbocycles. The third kappa shape index (κ3) is 6.66. The highest BCUT2D eigenvalue weighted by molar-refractivity contribution is 7.89. The van der Waals surface area contributed by atoms with Gasteiger partial charge in [0.25, 0.3) is 0 Å². The van der Waals surface area contributed by atoms with E-state index in [0.717, 1.165) is 25.9 Å². The second kappa shape index (κ2) is 11.6. The molecule has 2 N–H and O–H groups in total. The Morgan fingerprint density at radius 3 is 2.30 bits per heavy atom. The zero-order valence-electron chi connectivity index (χ0n) is 18.4. The van der Waals surface area contributed by atoms with Gasteiger partial charge in [-0.2, -0.15) is 4.72 Å². The third-order valence-electron chi connectivity index (χ3n) is 5.69. The molecule has 1 aliphatic rings. The lowest BCUT2D eigenvalue weighted by Crippen LogP contribution is -2.54. The zero-order chi connectivity index (χ0) is 22.1. The molecule has 1 amide bonds. The predicted octanol–water partition coefficient (Wildman–Crippen LogP) is 1.62. The molecule has 9 heteroatoms. The Kier molecular flexibility index (Phi) is 9.54. The highest BCUT2D eigenvalue weighted by atomic mass is 32.2. The van der Waals surface area contributed by atoms with Crippen LogP contribution in [0.1, 0.15) is 33.6 Å². The SMILES string of the molecule is CCC(CC)C(CNC(=O)[C@H](C)NS(=O)(=O)c1ccc(OC)cc1)N1CCOCC1. The Morgan fingerprint density at radius 1 is 1.17 bits per heavy atom. The summed E-state index contributed by atoms with van der Waals surface area (Å²) in [5.41, 5.74) is 0. The predicted molar refractivity (Wildman–Crippen MR) is 116 cm³/mol. The molecule has 30 heavy (non-hydrogen) atoms. The van der Waals surface area contributed by atoms with Crippen molar-refractivity contribution in [2.24, 2.45) is 5.92 Å². The minimum atomic E-state index is -3.81. The fraction of sp³-hybridized carbons (Fsp3) is 0.667. The summed E-state index contributed by atoms with van der Waals surface area (Å²) in [6.07, 6.45) is 2.04. The highest BCUT2D eigenvalue weighted by Gasteiger charge is 2.28. The van der Waals surface area contributed by atoms with Crippen LogP contribution in [-0.4, -0.2) is 71.3 Å². The number of amides is 1. The molecular formula is C21H35N3O5S. The van der Waals surface area contributed by atoms with Crippen molar-refractivity contribution in [3.8, 4) is 5.75 Å². The summed E-state index contributed by atoms with van der Waals surface area (Å²) in [4.78, 5) is 15.1. The highest BCUT2D eigenvalue weighted by Crippen LogP contribution is 2.20. The Hall–Kier alpha value is -1.68. The van der Waals surface area contributed by atoms with Crippen LogP contribution in [0.2, 0.25) is 0 Å². The summed E-state index contributed by atoms with van der Waals surface area (Å²) in [7, 11) is -2.29. The summed E-state index contributed by atoms with van der Waals surface area (Å²) >= 11 is 0. The molecule has 1 heterocycles. The van der Waals surface area contributed by atoms with E-state index in [0.29, 0.717) is 31.4 Å². The maximum absolute atomic E-state index is 12.6. The number of sulfonamides is 1. The monoisotopic (exact) mass is 441 g/mol. The summed E-state index contributed by atoms with van der Waals surface area (Å²) < 4.78 is 38.1. The second-order valence-corrected chi connectivity index (χ2v) is 9.27. The van der Waals surface area contributed by atoms with Crippen LogP contribution < -0.4 is 14.8 Å². The van der Waals surface area contributed by atoms with Crippen LogP contribution in [0, 0.1) is 5.92 Å². The van der Waals surface area contributed by atoms with Gasteiger partial charge in [-0.05, 0) is 37.1 Å². The molecule has 1 aromatic rings. The van der Waals surface area contributed by atoms with Gasteiger partial charge in [-0.3, -0.25) is 9.69 Å². The van der Waals surface area contributed by atoms with E-state index in [1.165, 1.54) is 19.2 Å². The Morgan fingerprint density at radius 2 is 1.77 bits per heavy atom. The van der Waals surface area contributed by atoms with Gasteiger partial charge in [0, 0.05) is 25.7 Å². The number of hydrogen-bond donors (Lipinski definition) is 2. The van der Waals surface area contributed by atoms with Gasteiger partial charge in [-0.1, -0.05) is 26.7 Å². The fourth-order valence-corrected chi connectivity index (χ4v) is 5.01. The van der Waals surface area contributed by atoms with Crippen LogP contribution in [0.15, 0.2) is 29.2 Å². The zero-order valence-corrected chi connectivity index (χ0v) is 19.2. The summed E-state index contributed by atoms with van der Waals surface area (Å²) in [6.45, 7) is 9.44. The second-order valence-electron chi connectivity index (χ2n) is 7.56. The van der Waals surface area contributed by atoms with E-state index in [1.807, 2.05) is 0 Å². The smallest absolute Gasteiger partial charge is 0.241 e. The quantitative estimate of drug-likeness (QED) is 0.542. The molecule has 0 radical (unpaired) electrons. The molecule has 1 fully saturated rings. The first-order valence-corrected chi connectivity index (χ1v) is 12.1. The molecule has 0 spiro atoms. The van der Waals surface area contributed by atoms with Gasteiger partial charge in [0.2, 0.25) is 15.9 Å². The number of benzene rings is 1. The summed E-state index contributed by atoms with van der Waals surface area (Å²) in [6, 6.07) is 5.37. The molecule has 0 aliphatic carbocycles. The lowest BCUT2D eigenvalue weighted by atomic mass is 9.92. The van der Waals surface area contributed by atoms with Crippen LogP contribution in [-0.2, 0) is 19.6 Å². The average Bonchev–Trinajstić information content (AvgIpc) is 2.76. The molecule has 1 unspecified atom stereocenters. The number of nitrogens with zero attached hydrogens (tertiary/aromatic N) is 1. The van der Waals surface area contributed by atoms with Gasteiger partial charge in [-0.25, -0.2) is 8.42 Å². The third-order valence-corrected chi connectivity index (χ3v) is 7.24. The van der Waals surface area contributed by atoms with Crippen LogP contribution >= 0.6 is 0 Å². The average molecular weight is 442 g/mol. The molecular weight excluding hydrogens is 406 g/mol. The Labute approximate surface area is 180 Å². The standard InChI is InChI=1S/C21H35N3O5S/c1-5-17(6-2)20(24-11-13-29-14-12-24)15-22-21(25)16(3)23-30(26,27)19-9-7-18(28-4)8-10-19/h7-10,16-17,20,23H,5-6,11-15H2,1-4H3,(H,22,25)/t16-,20?/m0/s1. The number of ether oxygens (including phenoxy) is 2. The van der Waals surface area contributed by atoms with Crippen molar-refractivity contribution in [3.63, 3.8) is 0 Å². The number of methoxy groups -OCH3 is 1. The molecule has 0 aromatic heterocycles. The van der Waals surface area contributed by atoms with Crippen LogP contribution in [0.4, 0.5) is 0 Å². The van der Waals surface area contributed by atoms with E-state index in [9.17, 15) is 13.2 Å². The first kappa shape index (κ1) is 24.6. The van der Waals surface area contributed by atoms with Gasteiger partial charge in [0.1, 0.15) is 5.75 Å². The van der Waals surface area contributed by atoms with Crippen LogP contribution in [0.3, 0.4) is 0 Å². The number of rotatable bonds is 11. The Bertz CT molecular complexity index is 759. The van der Waals surface area contributed by atoms with E-state index < -0.39 is 16.1 Å². The first-order valence-electron chi connectivity index (χ1n) is 10.6. The number of carbonyl (C=O) groups excluding carboxylic acids is 1. The van der Waals surface area contributed by atoms with Crippen molar-refractivity contribution < 1.29 is 22.7 Å². The normalized spacial score (nSPS) is 17.5. The maximum Gasteiger partial charge on any atom is 0.241 e. The first-order chi connectivity index (χ1) is 14.3. The van der Waals surface area contributed by atoms with Crippen molar-refractivity contribution in [2.45, 2.75) is 50.6 Å². The van der Waals surface area contributed by atoms with Crippen LogP contribution in [0.25, 0.3) is 0 Å². The van der Waals surface area contributed by atoms with Crippen molar-refractivity contribution in [1.29, 1.82) is 0 Å². The van der Waals surface area contributed by atoms with Gasteiger partial charge in [0.15, 0.2) is 0 Å². The topological polar surface area (TPSA) is 97.0 Å². The Balaban J connectivity index is 1.98. The molecule has 170 valence electrons. The van der Waals surface area contributed by atoms with Gasteiger partial charge in [0.05, 0.1) is 31.3 Å². The van der Waals surface area contributed by atoms with Gasteiger partial charge >= 0.3 is 0 Å². The molecule has 1 saturated heterocycles. The fourth-order valence-electron chi connectivity index (χ4n) is 3.80. The number of hydrogen-bond acceptors (Lipinski definition) is 6. The molecule has 1 aliphatic heterocycles. The van der Waals surface area contributed by atoms with E-state index in [1.54, 1.807) is 19.1 Å². The van der Waals surface area contributed by atoms with Crippen molar-refractivity contribution in [2.75, 3.05) is 40.0 Å². The van der Waals surface area contributed by atoms with E-state index in [-0.39, 0.29) is 16.8 Å². The largest absolute Gasteiger partial charge is 0.497 e. The maximum atomic E-state index is 12.6. The van der Waals surface area contributed by atoms with Crippen molar-refractivity contribution in [1.82, 2.24) is 14.9 Å². The van der Waals surface area contributed by atoms with Crippen LogP contribution in [0.5, 0.6) is 5.75 Å². The minimum absolute atomic E-state index is 0.0890.